The second kappa shape index (κ2) is 5.33. The molecule has 2 nitrogen and oxygen atoms in total. The quantitative estimate of drug-likeness (QED) is 0.598. The van der Waals surface area contributed by atoms with Crippen LogP contribution in [0.3, 0.4) is 0 Å². The van der Waals surface area contributed by atoms with Gasteiger partial charge in [0, 0.05) is 9.13 Å². The van der Waals surface area contributed by atoms with Gasteiger partial charge in [-0.3, -0.25) is 4.79 Å². The van der Waals surface area contributed by atoms with Gasteiger partial charge in [0.1, 0.15) is 5.75 Å². The summed E-state index contributed by atoms with van der Waals surface area (Å²) in [4.78, 5) is 12.5. The van der Waals surface area contributed by atoms with E-state index in [1.165, 1.54) is 0 Å². The van der Waals surface area contributed by atoms with E-state index in [4.69, 9.17) is 4.74 Å². The molecule has 0 amide bonds. The Kier molecular flexibility index (Phi) is 3.55. The first-order valence-electron chi connectivity index (χ1n) is 6.30. The molecule has 0 saturated carbocycles. The van der Waals surface area contributed by atoms with Gasteiger partial charge in [-0.05, 0) is 71.3 Å². The van der Waals surface area contributed by atoms with E-state index in [2.05, 4.69) is 22.6 Å². The topological polar surface area (TPSA) is 26.3 Å². The van der Waals surface area contributed by atoms with Crippen molar-refractivity contribution in [1.29, 1.82) is 0 Å². The maximum absolute atomic E-state index is 12.5. The summed E-state index contributed by atoms with van der Waals surface area (Å²) in [6.07, 6.45) is 2.01. The van der Waals surface area contributed by atoms with E-state index in [-0.39, 0.29) is 5.78 Å². The zero-order chi connectivity index (χ0) is 13.2. The van der Waals surface area contributed by atoms with Crippen LogP contribution in [0.25, 0.3) is 0 Å². The Morgan fingerprint density at radius 2 is 1.89 bits per heavy atom. The van der Waals surface area contributed by atoms with Gasteiger partial charge in [0.25, 0.3) is 0 Å². The first kappa shape index (κ1) is 12.7. The monoisotopic (exact) mass is 364 g/mol. The van der Waals surface area contributed by atoms with Crippen molar-refractivity contribution in [1.82, 2.24) is 0 Å². The first-order valence-corrected chi connectivity index (χ1v) is 7.38. The number of rotatable bonds is 2. The summed E-state index contributed by atoms with van der Waals surface area (Å²) in [5.74, 6) is 0.812. The molecule has 19 heavy (non-hydrogen) atoms. The Labute approximate surface area is 125 Å². The summed E-state index contributed by atoms with van der Waals surface area (Å²) in [6.45, 7) is 0.698. The summed E-state index contributed by atoms with van der Waals surface area (Å²) in [7, 11) is 0. The van der Waals surface area contributed by atoms with E-state index in [0.29, 0.717) is 17.7 Å². The summed E-state index contributed by atoms with van der Waals surface area (Å²) in [5.41, 5.74) is 2.53. The summed E-state index contributed by atoms with van der Waals surface area (Å²) >= 11 is 2.23. The number of hydrogen-bond acceptors (Lipinski definition) is 2. The third-order valence-corrected chi connectivity index (χ3v) is 4.00. The van der Waals surface area contributed by atoms with E-state index in [0.717, 1.165) is 27.7 Å². The van der Waals surface area contributed by atoms with Gasteiger partial charge in [-0.1, -0.05) is 12.1 Å². The van der Waals surface area contributed by atoms with Crippen LogP contribution in [-0.2, 0) is 6.42 Å². The lowest BCUT2D eigenvalue weighted by Gasteiger charge is -2.19. The molecule has 1 heterocycles. The van der Waals surface area contributed by atoms with Gasteiger partial charge in [0.05, 0.1) is 12.2 Å². The zero-order valence-electron chi connectivity index (χ0n) is 10.4. The molecule has 3 heteroatoms. The molecule has 1 aliphatic heterocycles. The van der Waals surface area contributed by atoms with Crippen molar-refractivity contribution >= 4 is 28.4 Å². The fourth-order valence-corrected chi connectivity index (χ4v) is 2.68. The molecular formula is C16H13IO2. The van der Waals surface area contributed by atoms with E-state index in [9.17, 15) is 4.79 Å². The van der Waals surface area contributed by atoms with Gasteiger partial charge in [-0.2, -0.15) is 0 Å². The molecule has 2 aromatic carbocycles. The molecular weight excluding hydrogens is 351 g/mol. The minimum Gasteiger partial charge on any atom is -0.493 e. The van der Waals surface area contributed by atoms with Crippen LogP contribution in [-0.4, -0.2) is 12.4 Å². The average molecular weight is 364 g/mol. The highest BCUT2D eigenvalue weighted by molar-refractivity contribution is 14.1. The van der Waals surface area contributed by atoms with Crippen molar-refractivity contribution in [3.63, 3.8) is 0 Å². The molecule has 96 valence electrons. The SMILES string of the molecule is O=C(c1ccc(I)cc1)c1cccc2c1OCCC2. The minimum atomic E-state index is 0.0372. The Balaban J connectivity index is 2.02. The number of aryl methyl sites for hydroxylation is 1. The number of hydrogen-bond donors (Lipinski definition) is 0. The predicted molar refractivity (Wildman–Crippen MR) is 82.8 cm³/mol. The van der Waals surface area contributed by atoms with Gasteiger partial charge >= 0.3 is 0 Å². The van der Waals surface area contributed by atoms with Crippen LogP contribution >= 0.6 is 22.6 Å². The Hall–Kier alpha value is -1.36. The first-order chi connectivity index (χ1) is 9.25. The standard InChI is InChI=1S/C16H13IO2/c17-13-8-6-11(7-9-13)15(18)14-5-1-3-12-4-2-10-19-16(12)14/h1,3,5-9H,2,4,10H2. The van der Waals surface area contributed by atoms with Crippen molar-refractivity contribution < 1.29 is 9.53 Å². The number of fused-ring (bicyclic) bond motifs is 1. The number of carbonyl (C=O) groups is 1. The highest BCUT2D eigenvalue weighted by Crippen LogP contribution is 2.30. The number of benzene rings is 2. The molecule has 0 radical (unpaired) electrons. The third-order valence-electron chi connectivity index (χ3n) is 3.28. The lowest BCUT2D eigenvalue weighted by Crippen LogP contribution is -2.13. The van der Waals surface area contributed by atoms with Crippen LogP contribution in [0.2, 0.25) is 0 Å². The van der Waals surface area contributed by atoms with Crippen LogP contribution in [0.5, 0.6) is 5.75 Å². The molecule has 0 aromatic heterocycles. The average Bonchev–Trinajstić information content (AvgIpc) is 2.47. The van der Waals surface area contributed by atoms with Gasteiger partial charge in [0.15, 0.2) is 5.78 Å². The van der Waals surface area contributed by atoms with E-state index >= 15 is 0 Å². The zero-order valence-corrected chi connectivity index (χ0v) is 12.5. The molecule has 0 bridgehead atoms. The fourth-order valence-electron chi connectivity index (χ4n) is 2.32. The van der Waals surface area contributed by atoms with Crippen LogP contribution in [0.15, 0.2) is 42.5 Å². The summed E-state index contributed by atoms with van der Waals surface area (Å²) < 4.78 is 6.82. The number of ketones is 1. The largest absolute Gasteiger partial charge is 0.493 e. The van der Waals surface area contributed by atoms with Gasteiger partial charge in [-0.25, -0.2) is 0 Å². The number of halogens is 1. The molecule has 0 aliphatic carbocycles. The Morgan fingerprint density at radius 1 is 1.11 bits per heavy atom. The van der Waals surface area contributed by atoms with E-state index < -0.39 is 0 Å². The highest BCUT2D eigenvalue weighted by Gasteiger charge is 2.19. The molecule has 0 atom stereocenters. The maximum atomic E-state index is 12.5. The number of ether oxygens (including phenoxy) is 1. The predicted octanol–water partition coefficient (Wildman–Crippen LogP) is 3.85. The second-order valence-corrected chi connectivity index (χ2v) is 5.83. The van der Waals surface area contributed by atoms with E-state index in [1.807, 2.05) is 42.5 Å². The van der Waals surface area contributed by atoms with Crippen molar-refractivity contribution in [3.8, 4) is 5.75 Å². The van der Waals surface area contributed by atoms with Crippen molar-refractivity contribution in [3.05, 3.63) is 62.7 Å². The highest BCUT2D eigenvalue weighted by atomic mass is 127. The van der Waals surface area contributed by atoms with Crippen molar-refractivity contribution in [2.24, 2.45) is 0 Å². The van der Waals surface area contributed by atoms with Gasteiger partial charge in [0.2, 0.25) is 0 Å². The lowest BCUT2D eigenvalue weighted by atomic mass is 9.97. The molecule has 3 rings (SSSR count). The van der Waals surface area contributed by atoms with Crippen molar-refractivity contribution in [2.45, 2.75) is 12.8 Å². The molecule has 1 aliphatic rings. The lowest BCUT2D eigenvalue weighted by molar-refractivity contribution is 0.103. The normalized spacial score (nSPS) is 13.5. The number of carbonyl (C=O) groups excluding carboxylic acids is 1. The molecule has 0 unspecified atom stereocenters. The van der Waals surface area contributed by atoms with Crippen LogP contribution in [0.4, 0.5) is 0 Å². The molecule has 0 N–H and O–H groups in total. The molecule has 0 spiro atoms. The van der Waals surface area contributed by atoms with Gasteiger partial charge in [-0.15, -0.1) is 0 Å². The summed E-state index contributed by atoms with van der Waals surface area (Å²) in [5, 5.41) is 0. The minimum absolute atomic E-state index is 0.0372. The molecule has 2 aromatic rings. The second-order valence-electron chi connectivity index (χ2n) is 4.58. The molecule has 0 saturated heterocycles. The smallest absolute Gasteiger partial charge is 0.196 e. The Bertz CT molecular complexity index is 617. The van der Waals surface area contributed by atoms with Crippen molar-refractivity contribution in [2.75, 3.05) is 6.61 Å². The van der Waals surface area contributed by atoms with Crippen LogP contribution < -0.4 is 4.74 Å². The van der Waals surface area contributed by atoms with Crippen LogP contribution in [0.1, 0.15) is 27.9 Å². The molecule has 0 fully saturated rings. The third kappa shape index (κ3) is 2.52. The van der Waals surface area contributed by atoms with Gasteiger partial charge < -0.3 is 4.74 Å². The fraction of sp³-hybridized carbons (Fsp3) is 0.188. The van der Waals surface area contributed by atoms with Crippen LogP contribution in [0, 0.1) is 3.57 Å². The number of para-hydroxylation sites is 1. The van der Waals surface area contributed by atoms with E-state index in [1.54, 1.807) is 0 Å². The maximum Gasteiger partial charge on any atom is 0.196 e. The summed E-state index contributed by atoms with van der Waals surface area (Å²) in [6, 6.07) is 13.5. The Morgan fingerprint density at radius 3 is 2.68 bits per heavy atom.